The fourth-order valence-corrected chi connectivity index (χ4v) is 3.46. The highest BCUT2D eigenvalue weighted by molar-refractivity contribution is 7.09. The van der Waals surface area contributed by atoms with E-state index in [2.05, 4.69) is 9.72 Å². The van der Waals surface area contributed by atoms with E-state index in [0.29, 0.717) is 22.6 Å². The van der Waals surface area contributed by atoms with Crippen molar-refractivity contribution < 1.29 is 23.8 Å². The first-order chi connectivity index (χ1) is 13.9. The van der Waals surface area contributed by atoms with Crippen molar-refractivity contribution in [2.75, 3.05) is 7.11 Å². The molecule has 0 aliphatic heterocycles. The van der Waals surface area contributed by atoms with E-state index in [1.807, 2.05) is 0 Å². The predicted octanol–water partition coefficient (Wildman–Crippen LogP) is 2.71. The second kappa shape index (κ2) is 8.89. The third-order valence-electron chi connectivity index (χ3n) is 4.17. The maximum absolute atomic E-state index is 14.4. The van der Waals surface area contributed by atoms with Gasteiger partial charge in [-0.2, -0.15) is 0 Å². The standard InChI is InChI=1S/C20H19FN2O5S/c1-27-19(25)15(22)9-11-2-5-13(6-3-11)28-16-7-4-12(8-14(16)21)10-17-18(24)23-20(26)29-17/h2-8,15,24H,9-10,22H2,1H3,(H,23,26)/t15-/m0/s1. The molecule has 2 aromatic carbocycles. The summed E-state index contributed by atoms with van der Waals surface area (Å²) in [6.45, 7) is 0. The summed E-state index contributed by atoms with van der Waals surface area (Å²) in [5.74, 6) is -0.796. The number of carbonyl (C=O) groups excluding carboxylic acids is 1. The number of aromatic hydroxyl groups is 1. The second-order valence-corrected chi connectivity index (χ2v) is 7.38. The van der Waals surface area contributed by atoms with Gasteiger partial charge in [-0.3, -0.25) is 14.6 Å². The van der Waals surface area contributed by atoms with Crippen LogP contribution in [0, 0.1) is 5.82 Å². The van der Waals surface area contributed by atoms with Crippen LogP contribution in [0.4, 0.5) is 4.39 Å². The molecule has 9 heteroatoms. The lowest BCUT2D eigenvalue weighted by Crippen LogP contribution is -2.33. The molecule has 1 atom stereocenters. The van der Waals surface area contributed by atoms with Crippen molar-refractivity contribution in [1.82, 2.24) is 4.98 Å². The van der Waals surface area contributed by atoms with Crippen LogP contribution in [0.3, 0.4) is 0 Å². The van der Waals surface area contributed by atoms with Crippen LogP contribution in [0.2, 0.25) is 0 Å². The van der Waals surface area contributed by atoms with Gasteiger partial charge in [0.2, 0.25) is 5.88 Å². The van der Waals surface area contributed by atoms with Gasteiger partial charge in [-0.25, -0.2) is 4.39 Å². The van der Waals surface area contributed by atoms with Crippen LogP contribution in [-0.2, 0) is 22.4 Å². The van der Waals surface area contributed by atoms with E-state index in [1.165, 1.54) is 19.2 Å². The second-order valence-electron chi connectivity index (χ2n) is 6.31. The Hall–Kier alpha value is -3.17. The molecule has 152 valence electrons. The van der Waals surface area contributed by atoms with Crippen LogP contribution in [0.1, 0.15) is 16.0 Å². The Morgan fingerprint density at radius 3 is 2.52 bits per heavy atom. The molecule has 4 N–H and O–H groups in total. The molecule has 1 heterocycles. The summed E-state index contributed by atoms with van der Waals surface area (Å²) >= 11 is 0.878. The maximum Gasteiger partial charge on any atom is 0.322 e. The number of nitrogens with one attached hydrogen (secondary N) is 1. The van der Waals surface area contributed by atoms with Gasteiger partial charge in [0, 0.05) is 6.42 Å². The van der Waals surface area contributed by atoms with Crippen molar-refractivity contribution in [2.45, 2.75) is 18.9 Å². The first kappa shape index (κ1) is 20.6. The van der Waals surface area contributed by atoms with Gasteiger partial charge in [0.05, 0.1) is 12.0 Å². The number of aromatic amines is 1. The molecule has 0 saturated heterocycles. The molecule has 0 unspecified atom stereocenters. The molecule has 0 radical (unpaired) electrons. The van der Waals surface area contributed by atoms with Crippen LogP contribution in [0.25, 0.3) is 0 Å². The van der Waals surface area contributed by atoms with Crippen LogP contribution in [0.5, 0.6) is 17.4 Å². The fraction of sp³-hybridized carbons (Fsp3) is 0.200. The minimum absolute atomic E-state index is 0.0410. The van der Waals surface area contributed by atoms with E-state index in [4.69, 9.17) is 10.5 Å². The minimum atomic E-state index is -0.755. The quantitative estimate of drug-likeness (QED) is 0.508. The fourth-order valence-electron chi connectivity index (χ4n) is 2.70. The molecule has 1 aromatic heterocycles. The molecular formula is C20H19FN2O5S. The zero-order valence-electron chi connectivity index (χ0n) is 15.5. The van der Waals surface area contributed by atoms with Gasteiger partial charge in [0.25, 0.3) is 0 Å². The molecule has 3 aromatic rings. The van der Waals surface area contributed by atoms with E-state index in [1.54, 1.807) is 30.3 Å². The summed E-state index contributed by atoms with van der Waals surface area (Å²) in [4.78, 5) is 25.0. The van der Waals surface area contributed by atoms with E-state index in [9.17, 15) is 19.1 Å². The lowest BCUT2D eigenvalue weighted by molar-refractivity contribution is -0.142. The normalized spacial score (nSPS) is 11.8. The average Bonchev–Trinajstić information content (AvgIpc) is 3.01. The molecule has 0 aliphatic carbocycles. The van der Waals surface area contributed by atoms with E-state index in [0.717, 1.165) is 16.9 Å². The van der Waals surface area contributed by atoms with E-state index >= 15 is 0 Å². The molecule has 3 rings (SSSR count). The number of benzene rings is 2. The lowest BCUT2D eigenvalue weighted by Gasteiger charge is -2.11. The third-order valence-corrected chi connectivity index (χ3v) is 5.04. The van der Waals surface area contributed by atoms with Crippen LogP contribution >= 0.6 is 11.3 Å². The van der Waals surface area contributed by atoms with Crippen molar-refractivity contribution in [2.24, 2.45) is 5.73 Å². The first-order valence-corrected chi connectivity index (χ1v) is 9.47. The molecule has 0 amide bonds. The first-order valence-electron chi connectivity index (χ1n) is 8.65. The Morgan fingerprint density at radius 2 is 1.93 bits per heavy atom. The Morgan fingerprint density at radius 1 is 1.24 bits per heavy atom. The molecule has 0 aliphatic rings. The molecular weight excluding hydrogens is 399 g/mol. The number of halogens is 1. The van der Waals surface area contributed by atoms with Crippen molar-refractivity contribution >= 4 is 17.3 Å². The van der Waals surface area contributed by atoms with Gasteiger partial charge in [-0.05, 0) is 41.8 Å². The Balaban J connectivity index is 1.66. The van der Waals surface area contributed by atoms with Gasteiger partial charge < -0.3 is 20.3 Å². The number of thiazole rings is 1. The predicted molar refractivity (Wildman–Crippen MR) is 106 cm³/mol. The lowest BCUT2D eigenvalue weighted by atomic mass is 10.1. The van der Waals surface area contributed by atoms with Gasteiger partial charge in [-0.15, -0.1) is 0 Å². The molecule has 29 heavy (non-hydrogen) atoms. The molecule has 0 saturated carbocycles. The zero-order chi connectivity index (χ0) is 21.0. The van der Waals surface area contributed by atoms with Crippen molar-refractivity contribution in [3.8, 4) is 17.4 Å². The van der Waals surface area contributed by atoms with Gasteiger partial charge in [-0.1, -0.05) is 29.5 Å². The molecule has 0 fully saturated rings. The third kappa shape index (κ3) is 5.21. The van der Waals surface area contributed by atoms with Crippen molar-refractivity contribution in [1.29, 1.82) is 0 Å². The minimum Gasteiger partial charge on any atom is -0.494 e. The number of hydrogen-bond acceptors (Lipinski definition) is 7. The number of hydrogen-bond donors (Lipinski definition) is 3. The number of nitrogens with two attached hydrogens (primary N) is 1. The summed E-state index contributed by atoms with van der Waals surface area (Å²) in [5.41, 5.74) is 7.14. The number of ether oxygens (including phenoxy) is 2. The van der Waals surface area contributed by atoms with E-state index in [-0.39, 0.29) is 22.9 Å². The summed E-state index contributed by atoms with van der Waals surface area (Å²) < 4.78 is 24.6. The SMILES string of the molecule is COC(=O)[C@@H](N)Cc1ccc(Oc2ccc(Cc3sc(=O)[nH]c3O)cc2F)cc1. The molecule has 0 spiro atoms. The Bertz CT molecular complexity index is 1060. The summed E-state index contributed by atoms with van der Waals surface area (Å²) in [5, 5.41) is 9.64. The molecule has 7 nitrogen and oxygen atoms in total. The summed E-state index contributed by atoms with van der Waals surface area (Å²) in [6, 6.07) is 10.5. The van der Waals surface area contributed by atoms with Gasteiger partial charge >= 0.3 is 10.8 Å². The topological polar surface area (TPSA) is 115 Å². The number of carbonyl (C=O) groups is 1. The van der Waals surface area contributed by atoms with Gasteiger partial charge in [0.15, 0.2) is 11.6 Å². The highest BCUT2D eigenvalue weighted by atomic mass is 32.1. The zero-order valence-corrected chi connectivity index (χ0v) is 16.3. The van der Waals surface area contributed by atoms with Crippen molar-refractivity contribution in [3.05, 3.63) is 74.0 Å². The number of aromatic nitrogens is 1. The Labute approximate surface area is 169 Å². The summed E-state index contributed by atoms with van der Waals surface area (Å²) in [6.07, 6.45) is 0.537. The number of H-pyrrole nitrogens is 1. The smallest absolute Gasteiger partial charge is 0.322 e. The van der Waals surface area contributed by atoms with Crippen LogP contribution in [-0.4, -0.2) is 29.2 Å². The maximum atomic E-state index is 14.4. The summed E-state index contributed by atoms with van der Waals surface area (Å²) in [7, 11) is 1.28. The number of esters is 1. The van der Waals surface area contributed by atoms with Gasteiger partial charge in [0.1, 0.15) is 11.8 Å². The van der Waals surface area contributed by atoms with Crippen LogP contribution in [0.15, 0.2) is 47.3 Å². The van der Waals surface area contributed by atoms with E-state index < -0.39 is 17.8 Å². The average molecular weight is 418 g/mol. The highest BCUT2D eigenvalue weighted by Gasteiger charge is 2.14. The highest BCUT2D eigenvalue weighted by Crippen LogP contribution is 2.27. The number of methoxy groups -OCH3 is 1. The monoisotopic (exact) mass is 418 g/mol. The van der Waals surface area contributed by atoms with Crippen LogP contribution < -0.4 is 15.3 Å². The number of rotatable bonds is 7. The van der Waals surface area contributed by atoms with Crippen molar-refractivity contribution in [3.63, 3.8) is 0 Å². The Kier molecular flexibility index (Phi) is 6.30. The molecule has 0 bridgehead atoms. The largest absolute Gasteiger partial charge is 0.494 e.